The van der Waals surface area contributed by atoms with E-state index in [4.69, 9.17) is 0 Å². The SMILES string of the molecule is FC1(F)CC1C[C@@H]1CC1(F)F. The molecule has 2 aliphatic carbocycles. The van der Waals surface area contributed by atoms with Gasteiger partial charge in [0.1, 0.15) is 0 Å². The Bertz CT molecular complexity index is 167. The predicted octanol–water partition coefficient (Wildman–Crippen LogP) is 2.69. The van der Waals surface area contributed by atoms with Crippen LogP contribution in [0.25, 0.3) is 0 Å². The first kappa shape index (κ1) is 7.37. The van der Waals surface area contributed by atoms with Crippen LogP contribution in [0.3, 0.4) is 0 Å². The summed E-state index contributed by atoms with van der Waals surface area (Å²) in [6.45, 7) is 0. The van der Waals surface area contributed by atoms with Crippen molar-refractivity contribution < 1.29 is 17.6 Å². The van der Waals surface area contributed by atoms with E-state index in [0.717, 1.165) is 0 Å². The van der Waals surface area contributed by atoms with Crippen molar-refractivity contribution in [3.05, 3.63) is 0 Å². The molecule has 1 unspecified atom stereocenters. The topological polar surface area (TPSA) is 0 Å². The molecule has 11 heavy (non-hydrogen) atoms. The molecule has 0 aromatic heterocycles. The lowest BCUT2D eigenvalue weighted by atomic mass is 10.2. The Morgan fingerprint density at radius 1 is 0.909 bits per heavy atom. The molecular weight excluding hydrogens is 160 g/mol. The fraction of sp³-hybridized carbons (Fsp3) is 1.00. The molecule has 2 fully saturated rings. The minimum Gasteiger partial charge on any atom is -0.207 e. The van der Waals surface area contributed by atoms with Crippen LogP contribution < -0.4 is 0 Å². The molecule has 2 aliphatic rings. The van der Waals surface area contributed by atoms with Gasteiger partial charge in [0.05, 0.1) is 0 Å². The van der Waals surface area contributed by atoms with Crippen molar-refractivity contribution in [3.8, 4) is 0 Å². The summed E-state index contributed by atoms with van der Waals surface area (Å²) in [5.74, 6) is -6.75. The van der Waals surface area contributed by atoms with Gasteiger partial charge < -0.3 is 0 Å². The van der Waals surface area contributed by atoms with Crippen LogP contribution in [0.4, 0.5) is 17.6 Å². The van der Waals surface area contributed by atoms with Gasteiger partial charge in [-0.05, 0) is 6.42 Å². The number of rotatable bonds is 2. The van der Waals surface area contributed by atoms with Gasteiger partial charge in [-0.2, -0.15) is 0 Å². The standard InChI is InChI=1S/C7H8F4/c8-6(9)2-4(6)1-5-3-7(5,10)11/h4-5H,1-3H2/t4-,5?/m1/s1. The van der Waals surface area contributed by atoms with Crippen LogP contribution in [0, 0.1) is 11.8 Å². The zero-order valence-electron chi connectivity index (χ0n) is 5.79. The molecule has 2 rings (SSSR count). The Labute approximate surface area is 61.6 Å². The van der Waals surface area contributed by atoms with Gasteiger partial charge >= 0.3 is 0 Å². The van der Waals surface area contributed by atoms with Gasteiger partial charge in [0.25, 0.3) is 11.8 Å². The number of hydrogen-bond acceptors (Lipinski definition) is 0. The first-order valence-electron chi connectivity index (χ1n) is 3.67. The summed E-state index contributed by atoms with van der Waals surface area (Å²) in [7, 11) is 0. The lowest BCUT2D eigenvalue weighted by Gasteiger charge is -1.95. The van der Waals surface area contributed by atoms with E-state index >= 15 is 0 Å². The molecule has 0 saturated heterocycles. The Morgan fingerprint density at radius 2 is 1.18 bits per heavy atom. The third kappa shape index (κ3) is 1.23. The molecular formula is C7H8F4. The second-order valence-electron chi connectivity index (χ2n) is 3.56. The zero-order chi connectivity index (χ0) is 8.28. The van der Waals surface area contributed by atoms with E-state index in [0.29, 0.717) is 0 Å². The fourth-order valence-corrected chi connectivity index (χ4v) is 1.39. The van der Waals surface area contributed by atoms with Gasteiger partial charge in [-0.3, -0.25) is 0 Å². The van der Waals surface area contributed by atoms with Crippen molar-refractivity contribution in [2.45, 2.75) is 31.1 Å². The first-order chi connectivity index (χ1) is 4.92. The minimum atomic E-state index is -2.63. The predicted molar refractivity (Wildman–Crippen MR) is 30.7 cm³/mol. The Kier molecular flexibility index (Phi) is 1.15. The quantitative estimate of drug-likeness (QED) is 0.556. The van der Waals surface area contributed by atoms with Crippen LogP contribution in [0.5, 0.6) is 0 Å². The molecule has 0 amide bonds. The molecule has 0 radical (unpaired) electrons. The van der Waals surface area contributed by atoms with Crippen molar-refractivity contribution in [3.63, 3.8) is 0 Å². The Balaban J connectivity index is 1.79. The van der Waals surface area contributed by atoms with Crippen molar-refractivity contribution in [1.29, 1.82) is 0 Å². The molecule has 0 bridgehead atoms. The maximum absolute atomic E-state index is 12.2. The maximum Gasteiger partial charge on any atom is 0.251 e. The summed E-state index contributed by atoms with van der Waals surface area (Å²) in [6, 6.07) is 0. The van der Waals surface area contributed by atoms with Gasteiger partial charge in [0.15, 0.2) is 0 Å². The van der Waals surface area contributed by atoms with Crippen LogP contribution in [0.1, 0.15) is 19.3 Å². The van der Waals surface area contributed by atoms with E-state index in [1.807, 2.05) is 0 Å². The van der Waals surface area contributed by atoms with Gasteiger partial charge in [-0.1, -0.05) is 0 Å². The molecule has 0 aromatic carbocycles. The molecule has 0 heterocycles. The summed E-state index contributed by atoms with van der Waals surface area (Å²) in [5.41, 5.74) is 0. The van der Waals surface area contributed by atoms with E-state index in [2.05, 4.69) is 0 Å². The molecule has 0 aliphatic heterocycles. The van der Waals surface area contributed by atoms with Crippen LogP contribution in [-0.4, -0.2) is 11.8 Å². The fourth-order valence-electron chi connectivity index (χ4n) is 1.39. The van der Waals surface area contributed by atoms with E-state index < -0.39 is 23.7 Å². The molecule has 64 valence electrons. The smallest absolute Gasteiger partial charge is 0.207 e. The summed E-state index contributed by atoms with van der Waals surface area (Å²) in [4.78, 5) is 0. The number of alkyl halides is 4. The molecule has 2 saturated carbocycles. The number of halogens is 4. The molecule has 0 aromatic rings. The first-order valence-corrected chi connectivity index (χ1v) is 3.67. The van der Waals surface area contributed by atoms with Crippen molar-refractivity contribution in [2.75, 3.05) is 0 Å². The molecule has 0 spiro atoms. The van der Waals surface area contributed by atoms with E-state index in [9.17, 15) is 17.6 Å². The molecule has 0 N–H and O–H groups in total. The summed E-state index contributed by atoms with van der Waals surface area (Å²) in [5, 5.41) is 0. The lowest BCUT2D eigenvalue weighted by Crippen LogP contribution is -1.99. The third-order valence-electron chi connectivity index (χ3n) is 2.48. The maximum atomic E-state index is 12.2. The molecule has 4 heteroatoms. The highest BCUT2D eigenvalue weighted by Gasteiger charge is 2.64. The molecule has 0 nitrogen and oxygen atoms in total. The molecule has 2 atom stereocenters. The van der Waals surface area contributed by atoms with Crippen molar-refractivity contribution >= 4 is 0 Å². The summed E-state index contributed by atoms with van der Waals surface area (Å²) >= 11 is 0. The second-order valence-corrected chi connectivity index (χ2v) is 3.56. The monoisotopic (exact) mass is 168 g/mol. The van der Waals surface area contributed by atoms with E-state index in [1.54, 1.807) is 0 Å². The van der Waals surface area contributed by atoms with Crippen LogP contribution in [-0.2, 0) is 0 Å². The van der Waals surface area contributed by atoms with E-state index in [1.165, 1.54) is 0 Å². The second kappa shape index (κ2) is 1.72. The highest BCUT2D eigenvalue weighted by molar-refractivity contribution is 5.03. The lowest BCUT2D eigenvalue weighted by molar-refractivity contribution is 0.0769. The van der Waals surface area contributed by atoms with Crippen LogP contribution >= 0.6 is 0 Å². The van der Waals surface area contributed by atoms with Gasteiger partial charge in [-0.25, -0.2) is 17.6 Å². The van der Waals surface area contributed by atoms with Crippen molar-refractivity contribution in [1.82, 2.24) is 0 Å². The Hall–Kier alpha value is -0.280. The highest BCUT2D eigenvalue weighted by Crippen LogP contribution is 2.59. The largest absolute Gasteiger partial charge is 0.251 e. The van der Waals surface area contributed by atoms with Gasteiger partial charge in [-0.15, -0.1) is 0 Å². The highest BCUT2D eigenvalue weighted by atomic mass is 19.3. The Morgan fingerprint density at radius 3 is 1.36 bits per heavy atom. The van der Waals surface area contributed by atoms with Gasteiger partial charge in [0, 0.05) is 24.7 Å². The van der Waals surface area contributed by atoms with Crippen LogP contribution in [0.15, 0.2) is 0 Å². The normalized spacial score (nSPS) is 43.6. The number of hydrogen-bond donors (Lipinski definition) is 0. The van der Waals surface area contributed by atoms with Crippen LogP contribution in [0.2, 0.25) is 0 Å². The summed E-state index contributed by atoms with van der Waals surface area (Å²) in [6.07, 6.45) is -0.348. The van der Waals surface area contributed by atoms with Crippen molar-refractivity contribution in [2.24, 2.45) is 11.8 Å². The average Bonchev–Trinajstić information content (AvgIpc) is 2.54. The minimum absolute atomic E-state index is 0.0139. The summed E-state index contributed by atoms with van der Waals surface area (Å²) < 4.78 is 48.8. The average molecular weight is 168 g/mol. The van der Waals surface area contributed by atoms with Gasteiger partial charge in [0.2, 0.25) is 0 Å². The van der Waals surface area contributed by atoms with E-state index in [-0.39, 0.29) is 19.3 Å². The zero-order valence-corrected chi connectivity index (χ0v) is 5.79. The third-order valence-corrected chi connectivity index (χ3v) is 2.48.